The maximum absolute atomic E-state index is 14.0. The van der Waals surface area contributed by atoms with Gasteiger partial charge in [-0.25, -0.2) is 8.78 Å². The minimum Gasteiger partial charge on any atom is -0.489 e. The van der Waals surface area contributed by atoms with Gasteiger partial charge in [-0.05, 0) is 48.9 Å². The summed E-state index contributed by atoms with van der Waals surface area (Å²) in [7, 11) is 1.50. The number of ether oxygens (including phenoxy) is 3. The molecule has 1 heterocycles. The third-order valence-corrected chi connectivity index (χ3v) is 6.61. The quantitative estimate of drug-likeness (QED) is 0.179. The molecule has 0 aliphatic carbocycles. The van der Waals surface area contributed by atoms with E-state index in [4.69, 9.17) is 14.2 Å². The number of pyridine rings is 1. The number of nitrogens with zero attached hydrogens (tertiary/aromatic N) is 2. The molecule has 5 aromatic rings. The minimum absolute atomic E-state index is 0.00474. The van der Waals surface area contributed by atoms with Crippen LogP contribution in [0.4, 0.5) is 14.5 Å². The lowest BCUT2D eigenvalue weighted by Crippen LogP contribution is -2.35. The number of halogens is 2. The number of aromatic nitrogens is 1. The van der Waals surface area contributed by atoms with Crippen molar-refractivity contribution in [3.05, 3.63) is 130 Å². The standard InChI is InChI=1S/C33H28F2N2O5/c1-3-36(26-15-23(34)14-24(35)16-26)33(39)30-19-37(31-18-28(42-21-40-2)12-13-29(31)32(30)38)25-10-7-11-27(17-25)41-20-22-8-5-4-6-9-22/h4-19H,3,20-21H2,1-2H3. The highest BCUT2D eigenvalue weighted by atomic mass is 19.1. The summed E-state index contributed by atoms with van der Waals surface area (Å²) in [4.78, 5) is 28.6. The number of carbonyl (C=O) groups is 1. The van der Waals surface area contributed by atoms with E-state index in [9.17, 15) is 18.4 Å². The average Bonchev–Trinajstić information content (AvgIpc) is 2.99. The van der Waals surface area contributed by atoms with Crippen LogP contribution in [-0.4, -0.2) is 30.9 Å². The Morgan fingerprint density at radius 2 is 1.60 bits per heavy atom. The maximum Gasteiger partial charge on any atom is 0.263 e. The van der Waals surface area contributed by atoms with Gasteiger partial charge in [0.2, 0.25) is 5.43 Å². The number of hydrogen-bond donors (Lipinski definition) is 0. The first-order valence-electron chi connectivity index (χ1n) is 13.2. The van der Waals surface area contributed by atoms with E-state index in [2.05, 4.69) is 0 Å². The molecule has 1 aromatic heterocycles. The fourth-order valence-corrected chi connectivity index (χ4v) is 4.64. The van der Waals surface area contributed by atoms with Gasteiger partial charge in [0.15, 0.2) is 6.79 Å². The van der Waals surface area contributed by atoms with Gasteiger partial charge in [-0.2, -0.15) is 0 Å². The molecule has 0 N–H and O–H groups in total. The molecule has 0 fully saturated rings. The van der Waals surface area contributed by atoms with Crippen molar-refractivity contribution in [2.45, 2.75) is 13.5 Å². The van der Waals surface area contributed by atoms with Gasteiger partial charge in [0.25, 0.3) is 5.91 Å². The topological polar surface area (TPSA) is 70.0 Å². The molecule has 0 unspecified atom stereocenters. The smallest absolute Gasteiger partial charge is 0.263 e. The summed E-state index contributed by atoms with van der Waals surface area (Å²) in [6, 6.07) is 24.6. The third kappa shape index (κ3) is 6.16. The normalized spacial score (nSPS) is 11.0. The molecule has 4 aromatic carbocycles. The van der Waals surface area contributed by atoms with Crippen LogP contribution in [0.3, 0.4) is 0 Å². The minimum atomic E-state index is -0.830. The lowest BCUT2D eigenvalue weighted by molar-refractivity contribution is 0.0512. The van der Waals surface area contributed by atoms with Crippen LogP contribution in [0, 0.1) is 11.6 Å². The largest absolute Gasteiger partial charge is 0.489 e. The molecule has 0 saturated carbocycles. The summed E-state index contributed by atoms with van der Waals surface area (Å²) < 4.78 is 46.4. The number of benzene rings is 4. The predicted molar refractivity (Wildman–Crippen MR) is 157 cm³/mol. The van der Waals surface area contributed by atoms with Gasteiger partial charge < -0.3 is 23.7 Å². The molecule has 0 bridgehead atoms. The molecule has 1 amide bonds. The summed E-state index contributed by atoms with van der Waals surface area (Å²) in [6.07, 6.45) is 1.43. The Hall–Kier alpha value is -5.02. The van der Waals surface area contributed by atoms with E-state index < -0.39 is 23.0 Å². The summed E-state index contributed by atoms with van der Waals surface area (Å²) in [5, 5.41) is 0.252. The van der Waals surface area contributed by atoms with Crippen molar-refractivity contribution in [3.8, 4) is 17.2 Å². The van der Waals surface area contributed by atoms with Crippen LogP contribution in [0.2, 0.25) is 0 Å². The lowest BCUT2D eigenvalue weighted by Gasteiger charge is -2.22. The Kier molecular flexibility index (Phi) is 8.59. The first-order valence-corrected chi connectivity index (χ1v) is 13.2. The van der Waals surface area contributed by atoms with Crippen molar-refractivity contribution >= 4 is 22.5 Å². The van der Waals surface area contributed by atoms with Gasteiger partial charge in [0, 0.05) is 54.8 Å². The summed E-state index contributed by atoms with van der Waals surface area (Å²) in [6.45, 7) is 2.09. The monoisotopic (exact) mass is 570 g/mol. The van der Waals surface area contributed by atoms with Crippen LogP contribution >= 0.6 is 0 Å². The SMILES string of the molecule is CCN(C(=O)c1cn(-c2cccc(OCc3ccccc3)c2)c2cc(OCOC)ccc2c1=O)c1cc(F)cc(F)c1. The first-order chi connectivity index (χ1) is 20.4. The van der Waals surface area contributed by atoms with Crippen LogP contribution in [0.5, 0.6) is 11.5 Å². The van der Waals surface area contributed by atoms with E-state index in [1.807, 2.05) is 42.5 Å². The zero-order valence-corrected chi connectivity index (χ0v) is 23.1. The van der Waals surface area contributed by atoms with Crippen molar-refractivity contribution in [2.24, 2.45) is 0 Å². The molecule has 0 aliphatic heterocycles. The van der Waals surface area contributed by atoms with Crippen LogP contribution < -0.4 is 19.8 Å². The highest BCUT2D eigenvalue weighted by Crippen LogP contribution is 2.27. The fraction of sp³-hybridized carbons (Fsp3) is 0.152. The van der Waals surface area contributed by atoms with Gasteiger partial charge in [-0.3, -0.25) is 9.59 Å². The van der Waals surface area contributed by atoms with Gasteiger partial charge in [-0.1, -0.05) is 36.4 Å². The summed E-state index contributed by atoms with van der Waals surface area (Å²) in [5.41, 5.74) is 1.39. The van der Waals surface area contributed by atoms with Crippen LogP contribution in [0.15, 0.2) is 102 Å². The molecule has 7 nitrogen and oxygen atoms in total. The number of anilines is 1. The van der Waals surface area contributed by atoms with Gasteiger partial charge in [-0.15, -0.1) is 0 Å². The van der Waals surface area contributed by atoms with Crippen LogP contribution in [-0.2, 0) is 11.3 Å². The second-order valence-electron chi connectivity index (χ2n) is 9.42. The number of amides is 1. The molecule has 5 rings (SSSR count). The van der Waals surface area contributed by atoms with Crippen molar-refractivity contribution < 1.29 is 27.8 Å². The second-order valence-corrected chi connectivity index (χ2v) is 9.42. The molecule has 0 aliphatic rings. The van der Waals surface area contributed by atoms with Gasteiger partial charge in [0.1, 0.15) is 35.3 Å². The van der Waals surface area contributed by atoms with Crippen LogP contribution in [0.1, 0.15) is 22.8 Å². The predicted octanol–water partition coefficient (Wildman–Crippen LogP) is 6.50. The molecule has 214 valence electrons. The van der Waals surface area contributed by atoms with Crippen molar-refractivity contribution in [1.29, 1.82) is 0 Å². The summed E-state index contributed by atoms with van der Waals surface area (Å²) in [5.74, 6) is -1.32. The van der Waals surface area contributed by atoms with E-state index in [-0.39, 0.29) is 30.0 Å². The molecular formula is C33H28F2N2O5. The molecule has 0 saturated heterocycles. The highest BCUT2D eigenvalue weighted by Gasteiger charge is 2.23. The number of hydrogen-bond acceptors (Lipinski definition) is 5. The van der Waals surface area contributed by atoms with Crippen molar-refractivity contribution in [3.63, 3.8) is 0 Å². The molecular weight excluding hydrogens is 542 g/mol. The lowest BCUT2D eigenvalue weighted by atomic mass is 10.1. The number of methoxy groups -OCH3 is 1. The second kappa shape index (κ2) is 12.7. The van der Waals surface area contributed by atoms with E-state index >= 15 is 0 Å². The fourth-order valence-electron chi connectivity index (χ4n) is 4.64. The Morgan fingerprint density at radius 1 is 0.857 bits per heavy atom. The van der Waals surface area contributed by atoms with E-state index in [0.717, 1.165) is 28.7 Å². The third-order valence-electron chi connectivity index (χ3n) is 6.61. The molecule has 9 heteroatoms. The zero-order valence-electron chi connectivity index (χ0n) is 23.1. The van der Waals surface area contributed by atoms with Crippen molar-refractivity contribution in [2.75, 3.05) is 25.3 Å². The van der Waals surface area contributed by atoms with Crippen molar-refractivity contribution in [1.82, 2.24) is 4.57 Å². The average molecular weight is 571 g/mol. The molecule has 0 spiro atoms. The van der Waals surface area contributed by atoms with E-state index in [1.165, 1.54) is 13.3 Å². The molecule has 0 radical (unpaired) electrons. The molecule has 0 atom stereocenters. The Labute approximate surface area is 241 Å². The Balaban J connectivity index is 1.62. The number of carbonyl (C=O) groups excluding carboxylic acids is 1. The van der Waals surface area contributed by atoms with Gasteiger partial charge >= 0.3 is 0 Å². The summed E-state index contributed by atoms with van der Waals surface area (Å²) >= 11 is 0. The van der Waals surface area contributed by atoms with Gasteiger partial charge in [0.05, 0.1) is 5.52 Å². The maximum atomic E-state index is 14.0. The van der Waals surface area contributed by atoms with E-state index in [0.29, 0.717) is 29.3 Å². The Bertz CT molecular complexity index is 1770. The number of rotatable bonds is 10. The molecule has 42 heavy (non-hydrogen) atoms. The van der Waals surface area contributed by atoms with E-state index in [1.54, 1.807) is 41.8 Å². The first kappa shape index (κ1) is 28.5. The zero-order chi connectivity index (χ0) is 29.6. The van der Waals surface area contributed by atoms with Crippen LogP contribution in [0.25, 0.3) is 16.6 Å². The Morgan fingerprint density at radius 3 is 2.31 bits per heavy atom. The highest BCUT2D eigenvalue weighted by molar-refractivity contribution is 6.07. The number of fused-ring (bicyclic) bond motifs is 1.